The first-order chi connectivity index (χ1) is 11.6. The number of ether oxygens (including phenoxy) is 2. The number of halogens is 1. The van der Waals surface area contributed by atoms with Crippen LogP contribution in [0.5, 0.6) is 11.5 Å². The Kier molecular flexibility index (Phi) is 3.62. The molecule has 5 heteroatoms. The van der Waals surface area contributed by atoms with Gasteiger partial charge in [-0.15, -0.1) is 0 Å². The van der Waals surface area contributed by atoms with Gasteiger partial charge in [0, 0.05) is 11.1 Å². The number of allylic oxidation sites excluding steroid dienone is 1. The maximum absolute atomic E-state index is 12.4. The smallest absolute Gasteiger partial charge is 0.314 e. The largest absolute Gasteiger partial charge is 0.452 e. The molecule has 2 aliphatic rings. The normalized spacial score (nSPS) is 17.5. The number of esters is 1. The molecule has 0 amide bonds. The number of carbonyl (C=O) groups is 2. The summed E-state index contributed by atoms with van der Waals surface area (Å²) in [6, 6.07) is 12.0. The Labute approximate surface area is 143 Å². The quantitative estimate of drug-likeness (QED) is 0.475. The molecule has 0 unspecified atom stereocenters. The lowest BCUT2D eigenvalue weighted by atomic mass is 10.1. The number of ketones is 1. The predicted molar refractivity (Wildman–Crippen MR) is 89.2 cm³/mol. The van der Waals surface area contributed by atoms with Crippen molar-refractivity contribution >= 4 is 29.4 Å². The number of hydrogen-bond donors (Lipinski definition) is 0. The van der Waals surface area contributed by atoms with Crippen LogP contribution in [0, 0.1) is 5.92 Å². The van der Waals surface area contributed by atoms with Gasteiger partial charge in [0.1, 0.15) is 11.5 Å². The molecular weight excluding hydrogens is 328 g/mol. The molecule has 0 N–H and O–H groups in total. The first-order valence-corrected chi connectivity index (χ1v) is 8.03. The fourth-order valence-corrected chi connectivity index (χ4v) is 2.70. The van der Waals surface area contributed by atoms with Crippen LogP contribution in [-0.2, 0) is 4.79 Å². The Morgan fingerprint density at radius 1 is 1.21 bits per heavy atom. The van der Waals surface area contributed by atoms with Crippen LogP contribution in [0.15, 0.2) is 48.2 Å². The minimum atomic E-state index is -0.228. The summed E-state index contributed by atoms with van der Waals surface area (Å²) in [5, 5.41) is 0.585. The van der Waals surface area contributed by atoms with Crippen molar-refractivity contribution in [1.29, 1.82) is 0 Å². The standard InChI is InChI=1S/C19H13ClO4/c20-13-3-1-2-11(8-13)9-17-18(21)15-7-6-14(10-16(15)24-17)23-19(22)12-4-5-12/h1-3,6-10,12H,4-5H2/b17-9-. The molecule has 1 aliphatic heterocycles. The predicted octanol–water partition coefficient (Wildman–Crippen LogP) is 4.27. The van der Waals surface area contributed by atoms with Crippen LogP contribution >= 0.6 is 11.6 Å². The summed E-state index contributed by atoms with van der Waals surface area (Å²) in [6.45, 7) is 0. The zero-order valence-corrected chi connectivity index (χ0v) is 13.4. The zero-order valence-electron chi connectivity index (χ0n) is 12.6. The average molecular weight is 341 g/mol. The minimum absolute atomic E-state index is 0.0130. The van der Waals surface area contributed by atoms with Gasteiger partial charge in [0.05, 0.1) is 11.5 Å². The first-order valence-electron chi connectivity index (χ1n) is 7.66. The molecule has 24 heavy (non-hydrogen) atoms. The molecule has 2 aromatic rings. The third-order valence-electron chi connectivity index (χ3n) is 3.92. The Balaban J connectivity index is 1.58. The van der Waals surface area contributed by atoms with Crippen molar-refractivity contribution in [2.75, 3.05) is 0 Å². The highest BCUT2D eigenvalue weighted by molar-refractivity contribution is 6.30. The Morgan fingerprint density at radius 3 is 2.79 bits per heavy atom. The van der Waals surface area contributed by atoms with Crippen LogP contribution in [0.25, 0.3) is 6.08 Å². The van der Waals surface area contributed by atoms with Crippen molar-refractivity contribution in [2.45, 2.75) is 12.8 Å². The van der Waals surface area contributed by atoms with Crippen molar-refractivity contribution < 1.29 is 19.1 Å². The third-order valence-corrected chi connectivity index (χ3v) is 4.15. The van der Waals surface area contributed by atoms with E-state index in [1.165, 1.54) is 0 Å². The summed E-state index contributed by atoms with van der Waals surface area (Å²) in [4.78, 5) is 24.1. The van der Waals surface area contributed by atoms with E-state index < -0.39 is 0 Å². The Morgan fingerprint density at radius 2 is 2.04 bits per heavy atom. The fraction of sp³-hybridized carbons (Fsp3) is 0.158. The molecular formula is C19H13ClO4. The van der Waals surface area contributed by atoms with Gasteiger partial charge in [-0.3, -0.25) is 9.59 Å². The number of rotatable bonds is 3. The van der Waals surface area contributed by atoms with Gasteiger partial charge in [-0.25, -0.2) is 0 Å². The van der Waals surface area contributed by atoms with Gasteiger partial charge in [-0.2, -0.15) is 0 Å². The molecule has 0 radical (unpaired) electrons. The topological polar surface area (TPSA) is 52.6 Å². The lowest BCUT2D eigenvalue weighted by Gasteiger charge is -2.04. The van der Waals surface area contributed by atoms with E-state index in [4.69, 9.17) is 21.1 Å². The lowest BCUT2D eigenvalue weighted by Crippen LogP contribution is -2.09. The van der Waals surface area contributed by atoms with Gasteiger partial charge >= 0.3 is 5.97 Å². The van der Waals surface area contributed by atoms with Gasteiger partial charge in [0.15, 0.2) is 5.76 Å². The fourth-order valence-electron chi connectivity index (χ4n) is 2.50. The van der Waals surface area contributed by atoms with E-state index in [0.29, 0.717) is 22.1 Å². The molecule has 0 bridgehead atoms. The molecule has 120 valence electrons. The molecule has 1 heterocycles. The van der Waals surface area contributed by atoms with E-state index in [2.05, 4.69) is 0 Å². The minimum Gasteiger partial charge on any atom is -0.452 e. The second-order valence-electron chi connectivity index (χ2n) is 5.85. The highest BCUT2D eigenvalue weighted by Crippen LogP contribution is 2.36. The van der Waals surface area contributed by atoms with Crippen LogP contribution in [-0.4, -0.2) is 11.8 Å². The summed E-state index contributed by atoms with van der Waals surface area (Å²) in [5.74, 6) is 0.591. The molecule has 4 rings (SSSR count). The lowest BCUT2D eigenvalue weighted by molar-refractivity contribution is -0.135. The van der Waals surface area contributed by atoms with E-state index in [0.717, 1.165) is 18.4 Å². The van der Waals surface area contributed by atoms with Gasteiger partial charge in [0.2, 0.25) is 5.78 Å². The molecule has 0 aromatic heterocycles. The second kappa shape index (κ2) is 5.80. The molecule has 0 saturated heterocycles. The van der Waals surface area contributed by atoms with E-state index in [9.17, 15) is 9.59 Å². The SMILES string of the molecule is O=C1/C(=C/c2cccc(Cl)c2)Oc2cc(OC(=O)C3CC3)ccc21. The van der Waals surface area contributed by atoms with Gasteiger partial charge in [-0.1, -0.05) is 23.7 Å². The maximum atomic E-state index is 12.4. The van der Waals surface area contributed by atoms with Crippen molar-refractivity contribution in [1.82, 2.24) is 0 Å². The maximum Gasteiger partial charge on any atom is 0.314 e. The van der Waals surface area contributed by atoms with Crippen LogP contribution in [0.1, 0.15) is 28.8 Å². The van der Waals surface area contributed by atoms with E-state index >= 15 is 0 Å². The van der Waals surface area contributed by atoms with Crippen molar-refractivity contribution in [3.63, 3.8) is 0 Å². The van der Waals surface area contributed by atoms with Crippen LogP contribution in [0.4, 0.5) is 0 Å². The zero-order chi connectivity index (χ0) is 16.7. The van der Waals surface area contributed by atoms with E-state index in [1.807, 2.05) is 6.07 Å². The molecule has 1 saturated carbocycles. The first kappa shape index (κ1) is 15.0. The number of hydrogen-bond acceptors (Lipinski definition) is 4. The highest BCUT2D eigenvalue weighted by Gasteiger charge is 2.32. The summed E-state index contributed by atoms with van der Waals surface area (Å²) < 4.78 is 10.9. The van der Waals surface area contributed by atoms with Crippen LogP contribution < -0.4 is 9.47 Å². The molecule has 1 aliphatic carbocycles. The number of fused-ring (bicyclic) bond motifs is 1. The Bertz CT molecular complexity index is 881. The average Bonchev–Trinajstić information content (AvgIpc) is 3.35. The van der Waals surface area contributed by atoms with Crippen molar-refractivity contribution in [3.05, 3.63) is 64.4 Å². The van der Waals surface area contributed by atoms with E-state index in [1.54, 1.807) is 42.5 Å². The summed E-state index contributed by atoms with van der Waals surface area (Å²) in [7, 11) is 0. The number of Topliss-reactive ketones (excluding diaryl/α,β-unsaturated/α-hetero) is 1. The number of carbonyl (C=O) groups excluding carboxylic acids is 2. The second-order valence-corrected chi connectivity index (χ2v) is 6.28. The Hall–Kier alpha value is -2.59. The molecule has 2 aromatic carbocycles. The number of benzene rings is 2. The van der Waals surface area contributed by atoms with Crippen molar-refractivity contribution in [3.8, 4) is 11.5 Å². The van der Waals surface area contributed by atoms with Gasteiger partial charge in [-0.05, 0) is 48.7 Å². The monoisotopic (exact) mass is 340 g/mol. The van der Waals surface area contributed by atoms with Gasteiger partial charge < -0.3 is 9.47 Å². The molecule has 1 fully saturated rings. The van der Waals surface area contributed by atoms with Crippen LogP contribution in [0.3, 0.4) is 0 Å². The van der Waals surface area contributed by atoms with Crippen molar-refractivity contribution in [2.24, 2.45) is 5.92 Å². The summed E-state index contributed by atoms with van der Waals surface area (Å²) in [5.41, 5.74) is 1.23. The summed E-state index contributed by atoms with van der Waals surface area (Å²) >= 11 is 5.95. The highest BCUT2D eigenvalue weighted by atomic mass is 35.5. The third kappa shape index (κ3) is 2.93. The molecule has 0 spiro atoms. The van der Waals surface area contributed by atoms with E-state index in [-0.39, 0.29) is 23.4 Å². The van der Waals surface area contributed by atoms with Crippen LogP contribution in [0.2, 0.25) is 5.02 Å². The summed E-state index contributed by atoms with van der Waals surface area (Å²) in [6.07, 6.45) is 3.40. The molecule has 0 atom stereocenters. The molecule has 4 nitrogen and oxygen atoms in total. The van der Waals surface area contributed by atoms with Gasteiger partial charge in [0.25, 0.3) is 0 Å².